The van der Waals surface area contributed by atoms with E-state index in [2.05, 4.69) is 35.2 Å². The van der Waals surface area contributed by atoms with Crippen LogP contribution in [0.15, 0.2) is 23.8 Å². The summed E-state index contributed by atoms with van der Waals surface area (Å²) < 4.78 is 15.5. The number of anilines is 1. The number of fused-ring (bicyclic) bond motifs is 5. The van der Waals surface area contributed by atoms with Gasteiger partial charge in [-0.3, -0.25) is 23.5 Å². The number of aromatic amines is 1. The van der Waals surface area contributed by atoms with Gasteiger partial charge in [0.1, 0.15) is 35.8 Å². The molecule has 17 heteroatoms. The molecular weight excluding hydrogens is 564 g/mol. The highest BCUT2D eigenvalue weighted by Crippen LogP contribution is 2.41. The first kappa shape index (κ1) is 27.5. The van der Waals surface area contributed by atoms with Crippen LogP contribution >= 0.6 is 0 Å². The van der Waals surface area contributed by atoms with Crippen LogP contribution in [0.25, 0.3) is 22.3 Å². The molecule has 43 heavy (non-hydrogen) atoms. The Balaban J connectivity index is 1.16. The van der Waals surface area contributed by atoms with Crippen molar-refractivity contribution in [2.45, 2.75) is 69.5 Å². The quantitative estimate of drug-likeness (QED) is 0.185. The summed E-state index contributed by atoms with van der Waals surface area (Å²) in [6.45, 7) is 1.65. The van der Waals surface area contributed by atoms with Crippen molar-refractivity contribution < 1.29 is 29.3 Å². The molecule has 8 atom stereocenters. The number of Topliss-reactive ketones (excluding diaryl/α,β-unsaturated/α-hetero) is 1. The molecule has 0 radical (unpaired) electrons. The number of aryl methyl sites for hydroxylation is 1. The Labute approximate surface area is 242 Å². The van der Waals surface area contributed by atoms with Gasteiger partial charge in [-0.15, -0.1) is 0 Å². The van der Waals surface area contributed by atoms with Crippen molar-refractivity contribution >= 4 is 39.8 Å². The lowest BCUT2D eigenvalue weighted by Crippen LogP contribution is -2.39. The maximum atomic E-state index is 13.3. The van der Waals surface area contributed by atoms with E-state index in [1.54, 1.807) is 16.1 Å². The second kappa shape index (κ2) is 10.4. The number of amides is 1. The number of hydrogen-bond acceptors (Lipinski definition) is 13. The molecule has 3 aliphatic rings. The predicted molar refractivity (Wildman–Crippen MR) is 146 cm³/mol. The number of ether oxygens (including phenoxy) is 2. The van der Waals surface area contributed by atoms with Crippen LogP contribution in [0.2, 0.25) is 0 Å². The number of nitrogens with one attached hydrogen (secondary N) is 2. The predicted octanol–water partition coefficient (Wildman–Crippen LogP) is -1.14. The second-order valence-electron chi connectivity index (χ2n) is 11.3. The second-order valence-corrected chi connectivity index (χ2v) is 11.3. The number of carbonyl (C=O) groups is 2. The number of ketones is 1. The van der Waals surface area contributed by atoms with Crippen LogP contribution in [0, 0.1) is 18.8 Å². The minimum absolute atomic E-state index is 0.00991. The summed E-state index contributed by atoms with van der Waals surface area (Å²) in [5.41, 5.74) is 6.60. The number of nitrogen functional groups attached to an aromatic ring is 1. The molecule has 7 rings (SSSR count). The average Bonchev–Trinajstić information content (AvgIpc) is 3.72. The van der Waals surface area contributed by atoms with E-state index in [1.165, 1.54) is 19.0 Å². The number of aliphatic hydroxyl groups excluding tert-OH is 2. The maximum Gasteiger partial charge on any atom is 0.279 e. The van der Waals surface area contributed by atoms with Gasteiger partial charge in [0.05, 0.1) is 31.0 Å². The molecule has 0 aliphatic carbocycles. The zero-order valence-corrected chi connectivity index (χ0v) is 23.0. The van der Waals surface area contributed by atoms with Gasteiger partial charge >= 0.3 is 0 Å². The molecule has 17 nitrogen and oxygen atoms in total. The van der Waals surface area contributed by atoms with E-state index in [1.807, 2.05) is 0 Å². The number of aliphatic hydroxyl groups is 2. The first-order chi connectivity index (χ1) is 20.7. The number of imidazole rings is 2. The zero-order valence-electron chi connectivity index (χ0n) is 23.0. The molecule has 6 N–H and O–H groups in total. The highest BCUT2D eigenvalue weighted by atomic mass is 16.5. The summed E-state index contributed by atoms with van der Waals surface area (Å²) in [4.78, 5) is 62.5. The fourth-order valence-corrected chi connectivity index (χ4v) is 6.46. The lowest BCUT2D eigenvalue weighted by atomic mass is 9.90. The number of hydrogen-bond donors (Lipinski definition) is 5. The van der Waals surface area contributed by atoms with Gasteiger partial charge in [0.25, 0.3) is 5.56 Å². The summed E-state index contributed by atoms with van der Waals surface area (Å²) in [6, 6.07) is 0. The summed E-state index contributed by atoms with van der Waals surface area (Å²) in [6.07, 6.45) is -1.16. The van der Waals surface area contributed by atoms with E-state index in [0.717, 1.165) is 0 Å². The van der Waals surface area contributed by atoms with Crippen molar-refractivity contribution in [1.82, 2.24) is 44.4 Å². The van der Waals surface area contributed by atoms with Crippen molar-refractivity contribution in [3.05, 3.63) is 35.2 Å². The monoisotopic (exact) mass is 594 g/mol. The van der Waals surface area contributed by atoms with Gasteiger partial charge in [-0.1, -0.05) is 0 Å². The van der Waals surface area contributed by atoms with Gasteiger partial charge in [-0.25, -0.2) is 24.9 Å². The van der Waals surface area contributed by atoms with Crippen LogP contribution in [0.5, 0.6) is 0 Å². The summed E-state index contributed by atoms with van der Waals surface area (Å²) in [5.74, 6) is -1.33. The minimum Gasteiger partial charge on any atom is -0.390 e. The van der Waals surface area contributed by atoms with Crippen LogP contribution in [0.4, 0.5) is 5.82 Å². The van der Waals surface area contributed by atoms with Gasteiger partial charge in [0.15, 0.2) is 28.9 Å². The van der Waals surface area contributed by atoms with E-state index in [4.69, 9.17) is 15.2 Å². The van der Waals surface area contributed by atoms with E-state index in [-0.39, 0.29) is 60.9 Å². The Bertz CT molecular complexity index is 1780. The van der Waals surface area contributed by atoms with Crippen molar-refractivity contribution in [2.75, 3.05) is 12.3 Å². The molecule has 2 bridgehead atoms. The van der Waals surface area contributed by atoms with Crippen molar-refractivity contribution in [1.29, 1.82) is 0 Å². The van der Waals surface area contributed by atoms with E-state index in [9.17, 15) is 24.6 Å². The molecule has 4 aromatic rings. The smallest absolute Gasteiger partial charge is 0.279 e. The third-order valence-corrected chi connectivity index (χ3v) is 8.60. The van der Waals surface area contributed by atoms with Gasteiger partial charge in [0, 0.05) is 37.6 Å². The molecule has 1 amide bonds. The van der Waals surface area contributed by atoms with Crippen molar-refractivity contribution in [2.24, 2.45) is 11.8 Å². The van der Waals surface area contributed by atoms with Crippen LogP contribution in [0.1, 0.15) is 44.0 Å². The molecule has 3 fully saturated rings. The first-order valence-corrected chi connectivity index (χ1v) is 14.0. The van der Waals surface area contributed by atoms with E-state index >= 15 is 0 Å². The molecule has 3 saturated heterocycles. The van der Waals surface area contributed by atoms with Gasteiger partial charge in [0.2, 0.25) is 5.91 Å². The number of carbonyl (C=O) groups excluding carboxylic acids is 2. The van der Waals surface area contributed by atoms with Crippen LogP contribution in [-0.4, -0.2) is 91.9 Å². The minimum atomic E-state index is -1.11. The Morgan fingerprint density at radius 1 is 0.907 bits per heavy atom. The first-order valence-electron chi connectivity index (χ1n) is 14.0. The number of nitrogens with zero attached hydrogens (tertiary/aromatic N) is 7. The Morgan fingerprint density at radius 3 is 2.47 bits per heavy atom. The fraction of sp³-hybridized carbons (Fsp3) is 0.538. The third-order valence-electron chi connectivity index (χ3n) is 8.60. The molecular formula is C26H30N10O7. The Hall–Kier alpha value is -4.32. The Morgan fingerprint density at radius 2 is 1.65 bits per heavy atom. The van der Waals surface area contributed by atoms with E-state index < -0.39 is 54.3 Å². The molecule has 0 saturated carbocycles. The Kier molecular flexibility index (Phi) is 6.68. The topological polar surface area (TPSA) is 238 Å². The molecule has 4 aromatic heterocycles. The fourth-order valence-electron chi connectivity index (χ4n) is 6.46. The van der Waals surface area contributed by atoms with Crippen LogP contribution in [-0.2, 0) is 19.1 Å². The lowest BCUT2D eigenvalue weighted by molar-refractivity contribution is -0.124. The van der Waals surface area contributed by atoms with Crippen molar-refractivity contribution in [3.8, 4) is 0 Å². The molecule has 7 heterocycles. The highest BCUT2D eigenvalue weighted by Gasteiger charge is 2.49. The number of nitrogens with two attached hydrogens (primary N) is 1. The molecule has 0 spiro atoms. The molecule has 226 valence electrons. The van der Waals surface area contributed by atoms with Gasteiger partial charge < -0.3 is 35.7 Å². The van der Waals surface area contributed by atoms with Crippen LogP contribution in [0.3, 0.4) is 0 Å². The largest absolute Gasteiger partial charge is 0.390 e. The standard InChI is InChI=1S/C26H30N10O7/c1-10-33-23-18(24(41)34-10)32-9-36(23)25-13-5-16(38)28-6-15-12(4-11(37)2-3-14(42-25)19(13)39)20(40)26(43-15)35-8-31-17-21(27)29-7-30-22(17)35/h7-9,12-15,19-20,25-26,39-40H,2-6H2,1H3,(H,28,38)(H2,27,29,30)(H,33,34,41)/t12-,13-,14+,15+,19?,20?,25+,26+/m0/s1. The lowest BCUT2D eigenvalue weighted by Gasteiger charge is -2.23. The maximum absolute atomic E-state index is 13.3. The number of aromatic nitrogens is 8. The van der Waals surface area contributed by atoms with Gasteiger partial charge in [-0.05, 0) is 13.3 Å². The zero-order chi connectivity index (χ0) is 30.0. The van der Waals surface area contributed by atoms with Crippen molar-refractivity contribution in [3.63, 3.8) is 0 Å². The third kappa shape index (κ3) is 4.64. The number of H-pyrrole nitrogens is 1. The number of rotatable bonds is 2. The van der Waals surface area contributed by atoms with E-state index in [0.29, 0.717) is 17.0 Å². The molecule has 0 aromatic carbocycles. The SMILES string of the molecule is Cc1nc2c(ncn2[C@@H]2O[C@@H]3CCC(=O)C[C@@H]4C(O)[C@H](n5cnc6c(N)ncnc65)O[C@@H]4CNC(=O)C[C@H]2C3O)c(=O)[nH]1. The van der Waals surface area contributed by atoms with Gasteiger partial charge in [-0.2, -0.15) is 0 Å². The highest BCUT2D eigenvalue weighted by molar-refractivity contribution is 5.81. The normalized spacial score (nSPS) is 31.9. The average molecular weight is 595 g/mol. The summed E-state index contributed by atoms with van der Waals surface area (Å²) in [5, 5.41) is 25.4. The molecule has 2 unspecified atom stereocenters. The summed E-state index contributed by atoms with van der Waals surface area (Å²) >= 11 is 0. The van der Waals surface area contributed by atoms with Crippen LogP contribution < -0.4 is 16.6 Å². The summed E-state index contributed by atoms with van der Waals surface area (Å²) in [7, 11) is 0. The molecule has 3 aliphatic heterocycles.